The van der Waals surface area contributed by atoms with Crippen molar-refractivity contribution >= 4 is 23.2 Å². The standard InChI is InChI=1S/C11H9Cl2N/c12-8-4-10-7(6-14)2-1-3-9(10)11(13)5-8/h4-5,7H,1-3H2. The van der Waals surface area contributed by atoms with Crippen molar-refractivity contribution in [2.75, 3.05) is 0 Å². The van der Waals surface area contributed by atoms with E-state index >= 15 is 0 Å². The molecule has 0 N–H and O–H groups in total. The second-order valence-electron chi connectivity index (χ2n) is 3.53. The minimum absolute atomic E-state index is 0.0325. The van der Waals surface area contributed by atoms with Gasteiger partial charge in [-0.25, -0.2) is 0 Å². The Morgan fingerprint density at radius 3 is 2.86 bits per heavy atom. The lowest BCUT2D eigenvalue weighted by atomic mass is 9.84. The van der Waals surface area contributed by atoms with E-state index in [9.17, 15) is 0 Å². The van der Waals surface area contributed by atoms with Crippen LogP contribution in [0.2, 0.25) is 10.0 Å². The Morgan fingerprint density at radius 2 is 2.14 bits per heavy atom. The predicted octanol–water partition coefficient (Wildman–Crippen LogP) is 3.94. The summed E-state index contributed by atoms with van der Waals surface area (Å²) in [5.74, 6) is -0.0325. The molecule has 0 bridgehead atoms. The number of halogens is 2. The van der Waals surface area contributed by atoms with E-state index in [0.29, 0.717) is 10.0 Å². The van der Waals surface area contributed by atoms with E-state index in [1.165, 1.54) is 0 Å². The summed E-state index contributed by atoms with van der Waals surface area (Å²) in [5.41, 5.74) is 2.13. The van der Waals surface area contributed by atoms with Crippen LogP contribution in [-0.4, -0.2) is 0 Å². The maximum absolute atomic E-state index is 8.98. The Morgan fingerprint density at radius 1 is 1.36 bits per heavy atom. The summed E-state index contributed by atoms with van der Waals surface area (Å²) in [5, 5.41) is 10.3. The Hall–Kier alpha value is -0.710. The van der Waals surface area contributed by atoms with Gasteiger partial charge in [0.2, 0.25) is 0 Å². The summed E-state index contributed by atoms with van der Waals surface area (Å²) >= 11 is 12.0. The molecule has 1 aliphatic carbocycles. The molecule has 0 radical (unpaired) electrons. The average molecular weight is 226 g/mol. The molecule has 1 unspecified atom stereocenters. The SMILES string of the molecule is N#CC1CCCc2c(Cl)cc(Cl)cc21. The lowest BCUT2D eigenvalue weighted by Crippen LogP contribution is -2.08. The highest BCUT2D eigenvalue weighted by Gasteiger charge is 2.22. The summed E-state index contributed by atoms with van der Waals surface area (Å²) in [7, 11) is 0. The van der Waals surface area contributed by atoms with Crippen LogP contribution in [0.25, 0.3) is 0 Å². The first kappa shape index (κ1) is 9.83. The summed E-state index contributed by atoms with van der Waals surface area (Å²) < 4.78 is 0. The molecule has 72 valence electrons. The first-order valence-corrected chi connectivity index (χ1v) is 5.35. The number of nitriles is 1. The lowest BCUT2D eigenvalue weighted by molar-refractivity contribution is 0.637. The lowest BCUT2D eigenvalue weighted by Gasteiger charge is -2.21. The fraction of sp³-hybridized carbons (Fsp3) is 0.364. The summed E-state index contributed by atoms with van der Waals surface area (Å²) in [6.45, 7) is 0. The molecule has 14 heavy (non-hydrogen) atoms. The fourth-order valence-corrected chi connectivity index (χ4v) is 2.57. The molecular weight excluding hydrogens is 217 g/mol. The molecular formula is C11H9Cl2N. The molecule has 3 heteroatoms. The zero-order valence-electron chi connectivity index (χ0n) is 7.56. The Bertz CT molecular complexity index is 406. The van der Waals surface area contributed by atoms with Gasteiger partial charge in [0.25, 0.3) is 0 Å². The van der Waals surface area contributed by atoms with Gasteiger partial charge in [-0.1, -0.05) is 23.2 Å². The Balaban J connectivity index is 2.58. The van der Waals surface area contributed by atoms with Gasteiger partial charge in [0.05, 0.1) is 12.0 Å². The van der Waals surface area contributed by atoms with Crippen LogP contribution >= 0.6 is 23.2 Å². The van der Waals surface area contributed by atoms with Gasteiger partial charge < -0.3 is 0 Å². The summed E-state index contributed by atoms with van der Waals surface area (Å²) in [6, 6.07) is 5.92. The van der Waals surface area contributed by atoms with Crippen molar-refractivity contribution in [1.82, 2.24) is 0 Å². The molecule has 1 aromatic carbocycles. The van der Waals surface area contributed by atoms with E-state index in [-0.39, 0.29) is 5.92 Å². The Labute approximate surface area is 93.2 Å². The van der Waals surface area contributed by atoms with Crippen molar-refractivity contribution in [3.8, 4) is 6.07 Å². The van der Waals surface area contributed by atoms with Gasteiger partial charge in [0, 0.05) is 10.0 Å². The largest absolute Gasteiger partial charge is 0.198 e. The van der Waals surface area contributed by atoms with Crippen LogP contribution in [0, 0.1) is 11.3 Å². The second kappa shape index (κ2) is 3.81. The topological polar surface area (TPSA) is 23.8 Å². The minimum atomic E-state index is -0.0325. The normalized spacial score (nSPS) is 19.9. The predicted molar refractivity (Wildman–Crippen MR) is 57.8 cm³/mol. The number of hydrogen-bond donors (Lipinski definition) is 0. The molecule has 2 rings (SSSR count). The maximum Gasteiger partial charge on any atom is 0.0716 e. The third-order valence-electron chi connectivity index (χ3n) is 2.65. The van der Waals surface area contributed by atoms with Crippen LogP contribution < -0.4 is 0 Å². The summed E-state index contributed by atoms with van der Waals surface area (Å²) in [6.07, 6.45) is 2.91. The summed E-state index contributed by atoms with van der Waals surface area (Å²) in [4.78, 5) is 0. The zero-order chi connectivity index (χ0) is 10.1. The van der Waals surface area contributed by atoms with Crippen molar-refractivity contribution < 1.29 is 0 Å². The van der Waals surface area contributed by atoms with Crippen molar-refractivity contribution in [2.24, 2.45) is 0 Å². The minimum Gasteiger partial charge on any atom is -0.198 e. The zero-order valence-corrected chi connectivity index (χ0v) is 9.07. The highest BCUT2D eigenvalue weighted by Crippen LogP contribution is 2.37. The quantitative estimate of drug-likeness (QED) is 0.657. The van der Waals surface area contributed by atoms with Crippen molar-refractivity contribution in [1.29, 1.82) is 5.26 Å². The monoisotopic (exact) mass is 225 g/mol. The number of fused-ring (bicyclic) bond motifs is 1. The van der Waals surface area contributed by atoms with E-state index in [1.54, 1.807) is 6.07 Å². The van der Waals surface area contributed by atoms with Crippen molar-refractivity contribution in [3.63, 3.8) is 0 Å². The third-order valence-corrected chi connectivity index (χ3v) is 3.20. The van der Waals surface area contributed by atoms with Crippen LogP contribution in [0.15, 0.2) is 12.1 Å². The number of nitrogens with zero attached hydrogens (tertiary/aromatic N) is 1. The first-order chi connectivity index (χ1) is 6.72. The molecule has 1 aliphatic rings. The van der Waals surface area contributed by atoms with E-state index in [1.807, 2.05) is 6.07 Å². The molecule has 1 nitrogen and oxygen atoms in total. The maximum atomic E-state index is 8.98. The fourth-order valence-electron chi connectivity index (χ4n) is 1.97. The van der Waals surface area contributed by atoms with E-state index < -0.39 is 0 Å². The van der Waals surface area contributed by atoms with Crippen LogP contribution in [0.3, 0.4) is 0 Å². The van der Waals surface area contributed by atoms with Crippen LogP contribution in [0.5, 0.6) is 0 Å². The van der Waals surface area contributed by atoms with Gasteiger partial charge in [-0.2, -0.15) is 5.26 Å². The molecule has 1 aromatic rings. The van der Waals surface area contributed by atoms with E-state index in [4.69, 9.17) is 28.5 Å². The van der Waals surface area contributed by atoms with Gasteiger partial charge in [-0.3, -0.25) is 0 Å². The van der Waals surface area contributed by atoms with Crippen LogP contribution in [-0.2, 0) is 6.42 Å². The van der Waals surface area contributed by atoms with Crippen LogP contribution in [0.4, 0.5) is 0 Å². The first-order valence-electron chi connectivity index (χ1n) is 4.60. The van der Waals surface area contributed by atoms with E-state index in [0.717, 1.165) is 30.4 Å². The van der Waals surface area contributed by atoms with Gasteiger partial charge in [0.1, 0.15) is 0 Å². The molecule has 0 heterocycles. The number of rotatable bonds is 0. The van der Waals surface area contributed by atoms with Crippen LogP contribution in [0.1, 0.15) is 29.9 Å². The second-order valence-corrected chi connectivity index (χ2v) is 4.37. The molecule has 0 saturated heterocycles. The molecule has 0 spiro atoms. The average Bonchev–Trinajstić information content (AvgIpc) is 2.17. The van der Waals surface area contributed by atoms with Gasteiger partial charge in [-0.05, 0) is 42.5 Å². The van der Waals surface area contributed by atoms with Gasteiger partial charge >= 0.3 is 0 Å². The van der Waals surface area contributed by atoms with Crippen molar-refractivity contribution in [3.05, 3.63) is 33.3 Å². The molecule has 0 fully saturated rings. The Kier molecular flexibility index (Phi) is 2.67. The molecule has 0 aromatic heterocycles. The molecule has 0 amide bonds. The van der Waals surface area contributed by atoms with Crippen molar-refractivity contribution in [2.45, 2.75) is 25.2 Å². The molecule has 1 atom stereocenters. The third kappa shape index (κ3) is 1.61. The molecule has 0 saturated carbocycles. The van der Waals surface area contributed by atoms with Gasteiger partial charge in [0.15, 0.2) is 0 Å². The number of benzene rings is 1. The van der Waals surface area contributed by atoms with Gasteiger partial charge in [-0.15, -0.1) is 0 Å². The van der Waals surface area contributed by atoms with E-state index in [2.05, 4.69) is 6.07 Å². The smallest absolute Gasteiger partial charge is 0.0716 e. The highest BCUT2D eigenvalue weighted by molar-refractivity contribution is 6.35. The molecule has 0 aliphatic heterocycles. The highest BCUT2D eigenvalue weighted by atomic mass is 35.5. The number of hydrogen-bond acceptors (Lipinski definition) is 1.